The van der Waals surface area contributed by atoms with Crippen molar-refractivity contribution >= 4 is 11.3 Å². The largest absolute Gasteiger partial charge is 0.379 e. The van der Waals surface area contributed by atoms with Crippen molar-refractivity contribution in [1.29, 1.82) is 0 Å². The fourth-order valence-electron chi connectivity index (χ4n) is 2.51. The molecular formula is C18H21N3O. The number of benzene rings is 1. The summed E-state index contributed by atoms with van der Waals surface area (Å²) in [7, 11) is 1.73. The van der Waals surface area contributed by atoms with E-state index in [4.69, 9.17) is 4.74 Å². The van der Waals surface area contributed by atoms with Crippen molar-refractivity contribution in [1.82, 2.24) is 9.38 Å². The van der Waals surface area contributed by atoms with Crippen molar-refractivity contribution in [3.63, 3.8) is 0 Å². The van der Waals surface area contributed by atoms with Crippen molar-refractivity contribution < 1.29 is 4.74 Å². The molecule has 2 heterocycles. The molecule has 4 heteroatoms. The van der Waals surface area contributed by atoms with Crippen molar-refractivity contribution in [3.8, 4) is 0 Å². The number of hydrogen-bond acceptors (Lipinski definition) is 3. The van der Waals surface area contributed by atoms with Gasteiger partial charge < -0.3 is 14.5 Å². The third-order valence-corrected chi connectivity index (χ3v) is 3.93. The maximum atomic E-state index is 5.36. The van der Waals surface area contributed by atoms with Crippen molar-refractivity contribution in [2.75, 3.05) is 12.4 Å². The summed E-state index contributed by atoms with van der Waals surface area (Å²) in [4.78, 5) is 4.64. The quantitative estimate of drug-likeness (QED) is 0.774. The Morgan fingerprint density at radius 2 is 2.05 bits per heavy atom. The van der Waals surface area contributed by atoms with E-state index in [0.29, 0.717) is 6.54 Å². The number of fused-ring (bicyclic) bond motifs is 1. The molecule has 0 aliphatic heterocycles. The molecule has 0 fully saturated rings. The van der Waals surface area contributed by atoms with Gasteiger partial charge in [-0.3, -0.25) is 0 Å². The number of pyridine rings is 1. The Hall–Kier alpha value is -2.33. The van der Waals surface area contributed by atoms with E-state index in [1.807, 2.05) is 25.1 Å². The summed E-state index contributed by atoms with van der Waals surface area (Å²) >= 11 is 0. The van der Waals surface area contributed by atoms with E-state index in [-0.39, 0.29) is 6.10 Å². The van der Waals surface area contributed by atoms with E-state index in [9.17, 15) is 0 Å². The van der Waals surface area contributed by atoms with Gasteiger partial charge in [0.2, 0.25) is 0 Å². The molecule has 1 unspecified atom stereocenters. The first-order valence-corrected chi connectivity index (χ1v) is 7.47. The van der Waals surface area contributed by atoms with Gasteiger partial charge in [0.05, 0.1) is 18.3 Å². The second-order valence-electron chi connectivity index (χ2n) is 5.48. The van der Waals surface area contributed by atoms with Gasteiger partial charge in [-0.25, -0.2) is 4.98 Å². The summed E-state index contributed by atoms with van der Waals surface area (Å²) in [5.41, 5.74) is 5.44. The van der Waals surface area contributed by atoms with Crippen LogP contribution in [0.4, 0.5) is 5.69 Å². The molecule has 3 aromatic rings. The fraction of sp³-hybridized carbons (Fsp3) is 0.278. The zero-order valence-electron chi connectivity index (χ0n) is 13.2. The second-order valence-corrected chi connectivity index (χ2v) is 5.48. The number of hydrogen-bond donors (Lipinski definition) is 1. The lowest BCUT2D eigenvalue weighted by atomic mass is 10.1. The van der Waals surface area contributed by atoms with Crippen LogP contribution in [-0.4, -0.2) is 16.5 Å². The third kappa shape index (κ3) is 2.97. The SMILES string of the molecule is COC(C)c1cccc(NCc2cn3c(C)cccc3n2)c1. The number of nitrogens with zero attached hydrogens (tertiary/aromatic N) is 2. The average Bonchev–Trinajstić information content (AvgIpc) is 2.97. The lowest BCUT2D eigenvalue weighted by Crippen LogP contribution is -2.01. The van der Waals surface area contributed by atoms with Gasteiger partial charge in [0.25, 0.3) is 0 Å². The molecule has 0 bridgehead atoms. The van der Waals surface area contributed by atoms with Crippen LogP contribution in [0.25, 0.3) is 5.65 Å². The Balaban J connectivity index is 1.75. The van der Waals surface area contributed by atoms with Gasteiger partial charge >= 0.3 is 0 Å². The normalized spacial score (nSPS) is 12.5. The summed E-state index contributed by atoms with van der Waals surface area (Å²) < 4.78 is 7.48. The zero-order valence-corrected chi connectivity index (χ0v) is 13.2. The topological polar surface area (TPSA) is 38.6 Å². The third-order valence-electron chi connectivity index (χ3n) is 3.93. The molecule has 114 valence electrons. The highest BCUT2D eigenvalue weighted by Crippen LogP contribution is 2.20. The highest BCUT2D eigenvalue weighted by molar-refractivity contribution is 5.47. The molecule has 1 aromatic carbocycles. The van der Waals surface area contributed by atoms with E-state index < -0.39 is 0 Å². The predicted octanol–water partition coefficient (Wildman–Crippen LogP) is 3.96. The molecule has 0 aliphatic rings. The van der Waals surface area contributed by atoms with Gasteiger partial charge in [-0.15, -0.1) is 0 Å². The predicted molar refractivity (Wildman–Crippen MR) is 89.1 cm³/mol. The van der Waals surface area contributed by atoms with Crippen LogP contribution < -0.4 is 5.32 Å². The number of methoxy groups -OCH3 is 1. The van der Waals surface area contributed by atoms with Crippen molar-refractivity contribution in [2.24, 2.45) is 0 Å². The van der Waals surface area contributed by atoms with E-state index in [1.165, 1.54) is 11.3 Å². The lowest BCUT2D eigenvalue weighted by Gasteiger charge is -2.12. The van der Waals surface area contributed by atoms with E-state index in [1.54, 1.807) is 7.11 Å². The summed E-state index contributed by atoms with van der Waals surface area (Å²) in [6.07, 6.45) is 2.18. The number of anilines is 1. The number of rotatable bonds is 5. The Bertz CT molecular complexity index is 779. The molecule has 1 N–H and O–H groups in total. The highest BCUT2D eigenvalue weighted by atomic mass is 16.5. The average molecular weight is 295 g/mol. The van der Waals surface area contributed by atoms with Crippen molar-refractivity contribution in [2.45, 2.75) is 26.5 Å². The van der Waals surface area contributed by atoms with Crippen LogP contribution in [0.2, 0.25) is 0 Å². The molecule has 0 aliphatic carbocycles. The number of ether oxygens (including phenoxy) is 1. The molecule has 0 saturated heterocycles. The minimum absolute atomic E-state index is 0.0968. The Labute approximate surface area is 130 Å². The van der Waals surface area contributed by atoms with Gasteiger partial charge in [-0.05, 0) is 43.7 Å². The summed E-state index contributed by atoms with van der Waals surface area (Å²) in [5, 5.41) is 3.43. The van der Waals surface area contributed by atoms with E-state index in [0.717, 1.165) is 17.0 Å². The summed E-state index contributed by atoms with van der Waals surface area (Å²) in [6, 6.07) is 14.4. The van der Waals surface area contributed by atoms with Gasteiger partial charge in [-0.2, -0.15) is 0 Å². The number of aryl methyl sites for hydroxylation is 1. The molecule has 3 rings (SSSR count). The summed E-state index contributed by atoms with van der Waals surface area (Å²) in [6.45, 7) is 4.83. The molecule has 1 atom stereocenters. The molecule has 0 spiro atoms. The number of nitrogens with one attached hydrogen (secondary N) is 1. The minimum atomic E-state index is 0.0968. The Kier molecular flexibility index (Phi) is 4.11. The molecular weight excluding hydrogens is 274 g/mol. The monoisotopic (exact) mass is 295 g/mol. The van der Waals surface area contributed by atoms with Gasteiger partial charge in [0.1, 0.15) is 5.65 Å². The first kappa shape index (κ1) is 14.6. The van der Waals surface area contributed by atoms with Crippen LogP contribution in [0.1, 0.15) is 30.0 Å². The number of aromatic nitrogens is 2. The molecule has 4 nitrogen and oxygen atoms in total. The maximum absolute atomic E-state index is 5.36. The van der Waals surface area contributed by atoms with Crippen LogP contribution in [0.15, 0.2) is 48.7 Å². The van der Waals surface area contributed by atoms with Crippen LogP contribution in [-0.2, 0) is 11.3 Å². The lowest BCUT2D eigenvalue weighted by molar-refractivity contribution is 0.119. The minimum Gasteiger partial charge on any atom is -0.379 e. The first-order valence-electron chi connectivity index (χ1n) is 7.47. The number of imidazole rings is 1. The Morgan fingerprint density at radius 1 is 1.23 bits per heavy atom. The molecule has 0 saturated carbocycles. The molecule has 22 heavy (non-hydrogen) atoms. The molecule has 0 amide bonds. The zero-order chi connectivity index (χ0) is 15.5. The smallest absolute Gasteiger partial charge is 0.137 e. The van der Waals surface area contributed by atoms with Crippen LogP contribution in [0.3, 0.4) is 0 Å². The first-order chi connectivity index (χ1) is 10.7. The highest BCUT2D eigenvalue weighted by Gasteiger charge is 2.06. The van der Waals surface area contributed by atoms with Crippen LogP contribution >= 0.6 is 0 Å². The summed E-state index contributed by atoms with van der Waals surface area (Å²) in [5.74, 6) is 0. The van der Waals surface area contributed by atoms with Gasteiger partial charge in [0, 0.05) is 24.7 Å². The maximum Gasteiger partial charge on any atom is 0.137 e. The van der Waals surface area contributed by atoms with Crippen molar-refractivity contribution in [3.05, 3.63) is 65.6 Å². The molecule has 0 radical (unpaired) electrons. The second kappa shape index (κ2) is 6.20. The van der Waals surface area contributed by atoms with E-state index >= 15 is 0 Å². The van der Waals surface area contributed by atoms with Crippen LogP contribution in [0, 0.1) is 6.92 Å². The fourth-order valence-corrected chi connectivity index (χ4v) is 2.51. The van der Waals surface area contributed by atoms with Gasteiger partial charge in [-0.1, -0.05) is 18.2 Å². The standard InChI is InChI=1S/C18H21N3O/c1-13-6-4-9-18-20-17(12-21(13)18)11-19-16-8-5-7-15(10-16)14(2)22-3/h4-10,12,14,19H,11H2,1-3H3. The van der Waals surface area contributed by atoms with E-state index in [2.05, 4.69) is 52.1 Å². The Morgan fingerprint density at radius 3 is 2.82 bits per heavy atom. The van der Waals surface area contributed by atoms with Gasteiger partial charge in [0.15, 0.2) is 0 Å². The molecule has 2 aromatic heterocycles. The van der Waals surface area contributed by atoms with Crippen LogP contribution in [0.5, 0.6) is 0 Å².